The monoisotopic (exact) mass is 583 g/mol. The lowest BCUT2D eigenvalue weighted by Crippen LogP contribution is -2.41. The highest BCUT2D eigenvalue weighted by Gasteiger charge is 2.44. The minimum Gasteiger partial charge on any atom is -0.395 e. The molecule has 0 bridgehead atoms. The molecule has 1 amide bonds. The van der Waals surface area contributed by atoms with Gasteiger partial charge in [-0.2, -0.15) is 0 Å². The van der Waals surface area contributed by atoms with Gasteiger partial charge >= 0.3 is 0 Å². The molecule has 1 spiro atoms. The SMILES string of the molecule is C[C@@H]1CN(c2cc(C(=O)Nc3ccc(NS(=O)(=O)CCO)cc3N3CCC4(CC3)CC4)cc3c2N(C)CC3)CCO1. The van der Waals surface area contributed by atoms with Gasteiger partial charge in [0.1, 0.15) is 0 Å². The van der Waals surface area contributed by atoms with Crippen molar-refractivity contribution >= 4 is 44.4 Å². The molecule has 2 saturated heterocycles. The summed E-state index contributed by atoms with van der Waals surface area (Å²) in [5.41, 5.74) is 6.41. The Hall–Kier alpha value is -3.02. The fraction of sp³-hybridized carbons (Fsp3) is 0.567. The van der Waals surface area contributed by atoms with Gasteiger partial charge in [0, 0.05) is 45.3 Å². The van der Waals surface area contributed by atoms with Gasteiger partial charge in [-0.05, 0) is 80.3 Å². The second kappa shape index (κ2) is 11.0. The number of hydrogen-bond acceptors (Lipinski definition) is 8. The van der Waals surface area contributed by atoms with E-state index in [1.54, 1.807) is 18.2 Å². The van der Waals surface area contributed by atoms with Crippen LogP contribution < -0.4 is 24.7 Å². The van der Waals surface area contributed by atoms with E-state index >= 15 is 0 Å². The smallest absolute Gasteiger partial charge is 0.255 e. The number of piperidine rings is 1. The fourth-order valence-electron chi connectivity index (χ4n) is 6.52. The molecule has 1 atom stereocenters. The normalized spacial score (nSPS) is 21.6. The molecule has 1 aliphatic carbocycles. The van der Waals surface area contributed by atoms with Crippen LogP contribution in [-0.2, 0) is 21.2 Å². The van der Waals surface area contributed by atoms with Crippen molar-refractivity contribution in [1.29, 1.82) is 0 Å². The summed E-state index contributed by atoms with van der Waals surface area (Å²) in [6.07, 6.45) is 5.77. The van der Waals surface area contributed by atoms with Gasteiger partial charge in [-0.3, -0.25) is 9.52 Å². The Kier molecular flexibility index (Phi) is 7.54. The number of benzene rings is 2. The van der Waals surface area contributed by atoms with Crippen molar-refractivity contribution in [3.05, 3.63) is 41.5 Å². The topological polar surface area (TPSA) is 114 Å². The molecule has 2 aromatic carbocycles. The number of sulfonamides is 1. The third-order valence-electron chi connectivity index (χ3n) is 9.11. The minimum absolute atomic E-state index is 0.124. The summed E-state index contributed by atoms with van der Waals surface area (Å²) in [6.45, 7) is 6.48. The van der Waals surface area contributed by atoms with Gasteiger partial charge < -0.3 is 29.9 Å². The van der Waals surface area contributed by atoms with Crippen molar-refractivity contribution in [2.45, 2.75) is 45.1 Å². The number of rotatable bonds is 8. The number of carbonyl (C=O) groups is 1. The summed E-state index contributed by atoms with van der Waals surface area (Å²) in [5.74, 6) is -0.555. The third kappa shape index (κ3) is 5.98. The van der Waals surface area contributed by atoms with Crippen molar-refractivity contribution in [3.63, 3.8) is 0 Å². The Bertz CT molecular complexity index is 1420. The van der Waals surface area contributed by atoms with Gasteiger partial charge in [0.15, 0.2) is 0 Å². The van der Waals surface area contributed by atoms with E-state index in [9.17, 15) is 13.2 Å². The van der Waals surface area contributed by atoms with E-state index in [4.69, 9.17) is 9.84 Å². The first-order valence-corrected chi connectivity index (χ1v) is 16.4. The quantitative estimate of drug-likeness (QED) is 0.434. The average Bonchev–Trinajstić information content (AvgIpc) is 3.59. The number of aliphatic hydroxyl groups is 1. The molecule has 6 rings (SSSR count). The number of aliphatic hydroxyl groups excluding tert-OH is 1. The lowest BCUT2D eigenvalue weighted by molar-refractivity contribution is 0.0532. The number of morpholine rings is 1. The molecule has 4 aliphatic rings. The van der Waals surface area contributed by atoms with Gasteiger partial charge in [0.25, 0.3) is 5.91 Å². The van der Waals surface area contributed by atoms with Gasteiger partial charge in [-0.15, -0.1) is 0 Å². The number of hydrogen-bond donors (Lipinski definition) is 3. The maximum absolute atomic E-state index is 13.8. The number of likely N-dealkylation sites (N-methyl/N-ethyl adjacent to an activating group) is 1. The maximum Gasteiger partial charge on any atom is 0.255 e. The van der Waals surface area contributed by atoms with E-state index in [-0.39, 0.29) is 17.8 Å². The first kappa shape index (κ1) is 28.1. The summed E-state index contributed by atoms with van der Waals surface area (Å²) in [7, 11) is -1.57. The summed E-state index contributed by atoms with van der Waals surface area (Å²) < 4.78 is 33.1. The van der Waals surface area contributed by atoms with E-state index < -0.39 is 16.6 Å². The number of nitrogens with one attached hydrogen (secondary N) is 2. The summed E-state index contributed by atoms with van der Waals surface area (Å²) >= 11 is 0. The predicted octanol–water partition coefficient (Wildman–Crippen LogP) is 3.27. The molecule has 10 nitrogen and oxygen atoms in total. The second-order valence-electron chi connectivity index (χ2n) is 12.1. The zero-order valence-corrected chi connectivity index (χ0v) is 24.8. The number of amides is 1. The molecule has 222 valence electrons. The maximum atomic E-state index is 13.8. The van der Waals surface area contributed by atoms with Crippen molar-refractivity contribution in [3.8, 4) is 0 Å². The fourth-order valence-corrected chi connectivity index (χ4v) is 7.35. The summed E-state index contributed by atoms with van der Waals surface area (Å²) in [6, 6.07) is 9.25. The van der Waals surface area contributed by atoms with Crippen LogP contribution in [0.4, 0.5) is 28.4 Å². The molecule has 0 unspecified atom stereocenters. The lowest BCUT2D eigenvalue weighted by atomic mass is 9.93. The highest BCUT2D eigenvalue weighted by atomic mass is 32.2. The number of carbonyl (C=O) groups excluding carboxylic acids is 1. The second-order valence-corrected chi connectivity index (χ2v) is 14.0. The molecule has 1 saturated carbocycles. The Morgan fingerprint density at radius 1 is 1.05 bits per heavy atom. The van der Waals surface area contributed by atoms with E-state index in [0.717, 1.165) is 63.4 Å². The molecule has 3 fully saturated rings. The first-order valence-electron chi connectivity index (χ1n) is 14.7. The highest BCUT2D eigenvalue weighted by Crippen LogP contribution is 2.54. The third-order valence-corrected chi connectivity index (χ3v) is 10.4. The van der Waals surface area contributed by atoms with Gasteiger partial charge in [-0.25, -0.2) is 8.42 Å². The van der Waals surface area contributed by atoms with Gasteiger partial charge in [0.05, 0.1) is 53.5 Å². The van der Waals surface area contributed by atoms with E-state index in [1.807, 2.05) is 12.1 Å². The number of nitrogens with zero attached hydrogens (tertiary/aromatic N) is 3. The molecular weight excluding hydrogens is 542 g/mol. The number of fused-ring (bicyclic) bond motifs is 1. The van der Waals surface area contributed by atoms with E-state index in [2.05, 4.69) is 38.7 Å². The van der Waals surface area contributed by atoms with Gasteiger partial charge in [-0.1, -0.05) is 0 Å². The van der Waals surface area contributed by atoms with Crippen LogP contribution in [-0.4, -0.2) is 84.3 Å². The summed E-state index contributed by atoms with van der Waals surface area (Å²) in [4.78, 5) is 20.7. The highest BCUT2D eigenvalue weighted by molar-refractivity contribution is 7.92. The van der Waals surface area contributed by atoms with Crippen molar-refractivity contribution in [1.82, 2.24) is 0 Å². The Balaban J connectivity index is 1.30. The molecule has 11 heteroatoms. The Morgan fingerprint density at radius 3 is 2.54 bits per heavy atom. The average molecular weight is 584 g/mol. The zero-order chi connectivity index (χ0) is 28.8. The first-order chi connectivity index (χ1) is 19.7. The zero-order valence-electron chi connectivity index (χ0n) is 24.0. The summed E-state index contributed by atoms with van der Waals surface area (Å²) in [5, 5.41) is 12.3. The van der Waals surface area contributed by atoms with Crippen LogP contribution >= 0.6 is 0 Å². The van der Waals surface area contributed by atoms with Crippen LogP contribution in [0.5, 0.6) is 0 Å². The van der Waals surface area contributed by atoms with Crippen molar-refractivity contribution in [2.75, 3.05) is 83.5 Å². The molecule has 3 heterocycles. The number of anilines is 5. The Morgan fingerprint density at radius 2 is 1.83 bits per heavy atom. The lowest BCUT2D eigenvalue weighted by Gasteiger charge is -2.35. The number of ether oxygens (including phenoxy) is 1. The van der Waals surface area contributed by atoms with Crippen LogP contribution in [0.3, 0.4) is 0 Å². The standard InChI is InChI=1S/C30H41N5O5S/c1-21-20-35(13-15-40-21)27-18-23(17-22-5-10-33(2)28(22)27)29(37)31-25-4-3-24(32-41(38,39)16-14-36)19-26(25)34-11-8-30(6-7-30)9-12-34/h3-4,17-19,21,32,36H,5-16,20H2,1-2H3,(H,31,37)/t21-/m1/s1. The molecule has 2 aromatic rings. The molecular formula is C30H41N5O5S. The van der Waals surface area contributed by atoms with E-state index in [0.29, 0.717) is 29.0 Å². The predicted molar refractivity (Wildman–Crippen MR) is 163 cm³/mol. The van der Waals surface area contributed by atoms with Crippen LogP contribution in [0.15, 0.2) is 30.3 Å². The van der Waals surface area contributed by atoms with Crippen LogP contribution in [0.25, 0.3) is 0 Å². The van der Waals surface area contributed by atoms with E-state index in [1.165, 1.54) is 24.1 Å². The van der Waals surface area contributed by atoms with Crippen molar-refractivity contribution < 1.29 is 23.1 Å². The Labute approximate surface area is 242 Å². The van der Waals surface area contributed by atoms with Crippen LogP contribution in [0, 0.1) is 5.41 Å². The molecule has 41 heavy (non-hydrogen) atoms. The molecule has 3 aliphatic heterocycles. The van der Waals surface area contributed by atoms with Crippen molar-refractivity contribution in [2.24, 2.45) is 5.41 Å². The van der Waals surface area contributed by atoms with Crippen LogP contribution in [0.1, 0.15) is 48.5 Å². The largest absolute Gasteiger partial charge is 0.395 e. The van der Waals surface area contributed by atoms with Crippen LogP contribution in [0.2, 0.25) is 0 Å². The molecule has 3 N–H and O–H groups in total. The van der Waals surface area contributed by atoms with Gasteiger partial charge in [0.2, 0.25) is 10.0 Å². The minimum atomic E-state index is -3.67. The molecule has 0 aromatic heterocycles. The molecule has 0 radical (unpaired) electrons.